The van der Waals surface area contributed by atoms with E-state index in [1.54, 1.807) is 0 Å². The Morgan fingerprint density at radius 1 is 1.58 bits per heavy atom. The quantitative estimate of drug-likeness (QED) is 0.640. The topological polar surface area (TPSA) is 78.3 Å². The maximum absolute atomic E-state index is 10.4. The van der Waals surface area contributed by atoms with E-state index in [1.807, 2.05) is 0 Å². The molecule has 1 rings (SSSR count). The summed E-state index contributed by atoms with van der Waals surface area (Å²) in [6.07, 6.45) is 1.91. The lowest BCUT2D eigenvalue weighted by atomic mass is 10.0. The molecule has 12 heavy (non-hydrogen) atoms. The smallest absolute Gasteiger partial charge is 0.404 e. The Balaban J connectivity index is 2.37. The van der Waals surface area contributed by atoms with Gasteiger partial charge in [-0.3, -0.25) is 0 Å². The Labute approximate surface area is 72.2 Å². The lowest BCUT2D eigenvalue weighted by molar-refractivity contribution is 0.107. The molecule has 0 aromatic rings. The van der Waals surface area contributed by atoms with Gasteiger partial charge in [0.05, 0.1) is 0 Å². The van der Waals surface area contributed by atoms with Gasteiger partial charge in [0, 0.05) is 6.04 Å². The number of carbonyl (C=O) groups excluding carboxylic acids is 1. The maximum Gasteiger partial charge on any atom is 0.404 e. The Morgan fingerprint density at radius 2 is 2.25 bits per heavy atom. The largest absolute Gasteiger partial charge is 0.446 e. The summed E-state index contributed by atoms with van der Waals surface area (Å²) in [6, 6.07) is 0.166. The zero-order valence-electron chi connectivity index (χ0n) is 7.32. The number of hydrogen-bond acceptors (Lipinski definition) is 3. The molecule has 4 N–H and O–H groups in total. The zero-order valence-corrected chi connectivity index (χ0v) is 7.32. The Bertz CT molecular complexity index is 172. The van der Waals surface area contributed by atoms with Gasteiger partial charge >= 0.3 is 6.09 Å². The molecule has 0 saturated heterocycles. The Hall–Kier alpha value is -0.770. The van der Waals surface area contributed by atoms with Crippen LogP contribution in [0.25, 0.3) is 0 Å². The summed E-state index contributed by atoms with van der Waals surface area (Å²) in [6.45, 7) is 2.09. The lowest BCUT2D eigenvalue weighted by Gasteiger charge is -2.10. The van der Waals surface area contributed by atoms with Crippen molar-refractivity contribution in [1.82, 2.24) is 0 Å². The molecule has 1 saturated carbocycles. The number of carbonyl (C=O) groups is 1. The van der Waals surface area contributed by atoms with Gasteiger partial charge in [-0.25, -0.2) is 4.79 Å². The summed E-state index contributed by atoms with van der Waals surface area (Å²) < 4.78 is 4.87. The van der Waals surface area contributed by atoms with Crippen LogP contribution in [0.2, 0.25) is 0 Å². The van der Waals surface area contributed by atoms with Gasteiger partial charge < -0.3 is 16.2 Å². The third-order valence-corrected chi connectivity index (χ3v) is 2.51. The molecule has 70 valence electrons. The fourth-order valence-electron chi connectivity index (χ4n) is 1.83. The van der Waals surface area contributed by atoms with Gasteiger partial charge in [-0.15, -0.1) is 0 Å². The van der Waals surface area contributed by atoms with E-state index in [1.165, 1.54) is 0 Å². The van der Waals surface area contributed by atoms with Crippen molar-refractivity contribution >= 4 is 6.09 Å². The first kappa shape index (κ1) is 9.32. The van der Waals surface area contributed by atoms with Gasteiger partial charge in [-0.05, 0) is 18.8 Å². The van der Waals surface area contributed by atoms with E-state index in [4.69, 9.17) is 16.2 Å². The number of nitrogens with two attached hydrogens (primary N) is 2. The molecule has 0 heterocycles. The molecule has 0 aromatic carbocycles. The van der Waals surface area contributed by atoms with E-state index < -0.39 is 6.09 Å². The summed E-state index contributed by atoms with van der Waals surface area (Å²) in [7, 11) is 0. The Kier molecular flexibility index (Phi) is 2.92. The summed E-state index contributed by atoms with van der Waals surface area (Å²) in [4.78, 5) is 10.4. The molecule has 1 amide bonds. The molecule has 0 aromatic heterocycles. The van der Waals surface area contributed by atoms with Crippen LogP contribution in [0.15, 0.2) is 0 Å². The van der Waals surface area contributed by atoms with Crippen molar-refractivity contribution < 1.29 is 9.53 Å². The van der Waals surface area contributed by atoms with Gasteiger partial charge in [0.1, 0.15) is 6.10 Å². The van der Waals surface area contributed by atoms with Crippen molar-refractivity contribution in [3.8, 4) is 0 Å². The first-order chi connectivity index (χ1) is 5.63. The molecule has 1 aliphatic rings. The zero-order chi connectivity index (χ0) is 9.14. The minimum Gasteiger partial charge on any atom is -0.446 e. The van der Waals surface area contributed by atoms with Crippen LogP contribution in [-0.2, 0) is 4.74 Å². The summed E-state index contributed by atoms with van der Waals surface area (Å²) >= 11 is 0. The minimum absolute atomic E-state index is 0.0533. The van der Waals surface area contributed by atoms with E-state index in [-0.39, 0.29) is 12.1 Å². The van der Waals surface area contributed by atoms with E-state index in [2.05, 4.69) is 6.92 Å². The third kappa shape index (κ3) is 2.11. The molecule has 1 fully saturated rings. The first-order valence-electron chi connectivity index (χ1n) is 4.35. The van der Waals surface area contributed by atoms with Crippen LogP contribution in [0, 0.1) is 5.92 Å². The summed E-state index contributed by atoms with van der Waals surface area (Å²) in [5, 5.41) is 0. The van der Waals surface area contributed by atoms with Crippen molar-refractivity contribution in [2.45, 2.75) is 38.3 Å². The highest BCUT2D eigenvalue weighted by molar-refractivity contribution is 5.64. The second-order valence-electron chi connectivity index (χ2n) is 3.36. The second kappa shape index (κ2) is 3.76. The second-order valence-corrected chi connectivity index (χ2v) is 3.36. The van der Waals surface area contributed by atoms with Crippen molar-refractivity contribution in [2.75, 3.05) is 0 Å². The molecule has 0 aliphatic heterocycles. The van der Waals surface area contributed by atoms with E-state index in [9.17, 15) is 4.79 Å². The number of amides is 1. The number of primary amides is 1. The molecule has 4 nitrogen and oxygen atoms in total. The maximum atomic E-state index is 10.4. The van der Waals surface area contributed by atoms with Crippen molar-refractivity contribution in [1.29, 1.82) is 0 Å². The third-order valence-electron chi connectivity index (χ3n) is 2.51. The molecule has 3 atom stereocenters. The van der Waals surface area contributed by atoms with Gasteiger partial charge in [-0.2, -0.15) is 0 Å². The predicted molar refractivity (Wildman–Crippen MR) is 45.4 cm³/mol. The molecule has 1 aliphatic carbocycles. The standard InChI is InChI=1S/C8H16N2O2/c1-2-5-3-6(4-7(5)9)12-8(10)11/h5-7H,2-4,9H2,1H3,(H2,10,11)/t5-,6?,7+/m1/s1. The van der Waals surface area contributed by atoms with Gasteiger partial charge in [-0.1, -0.05) is 13.3 Å². The molecular formula is C8H16N2O2. The number of ether oxygens (including phenoxy) is 1. The van der Waals surface area contributed by atoms with Crippen LogP contribution in [0.1, 0.15) is 26.2 Å². The summed E-state index contributed by atoms with van der Waals surface area (Å²) in [5.74, 6) is 0.481. The highest BCUT2D eigenvalue weighted by Crippen LogP contribution is 2.28. The highest BCUT2D eigenvalue weighted by atomic mass is 16.6. The Morgan fingerprint density at radius 3 is 2.67 bits per heavy atom. The van der Waals surface area contributed by atoms with Gasteiger partial charge in [0.25, 0.3) is 0 Å². The molecule has 0 radical (unpaired) electrons. The fraction of sp³-hybridized carbons (Fsp3) is 0.875. The molecule has 0 bridgehead atoms. The molecule has 4 heteroatoms. The lowest BCUT2D eigenvalue weighted by Crippen LogP contribution is -2.25. The highest BCUT2D eigenvalue weighted by Gasteiger charge is 2.32. The van der Waals surface area contributed by atoms with Gasteiger partial charge in [0.2, 0.25) is 0 Å². The average molecular weight is 172 g/mol. The fourth-order valence-corrected chi connectivity index (χ4v) is 1.83. The van der Waals surface area contributed by atoms with Crippen LogP contribution in [0.3, 0.4) is 0 Å². The summed E-state index contributed by atoms with van der Waals surface area (Å²) in [5.41, 5.74) is 10.7. The van der Waals surface area contributed by atoms with Crippen molar-refractivity contribution in [3.63, 3.8) is 0 Å². The molecular weight excluding hydrogens is 156 g/mol. The van der Waals surface area contributed by atoms with Crippen LogP contribution in [0.5, 0.6) is 0 Å². The van der Waals surface area contributed by atoms with E-state index >= 15 is 0 Å². The van der Waals surface area contributed by atoms with Crippen LogP contribution < -0.4 is 11.5 Å². The number of rotatable bonds is 2. The minimum atomic E-state index is -0.691. The first-order valence-corrected chi connectivity index (χ1v) is 4.35. The normalized spacial score (nSPS) is 35.0. The SMILES string of the molecule is CC[C@@H]1CC(OC(N)=O)C[C@@H]1N. The van der Waals surface area contributed by atoms with Crippen LogP contribution in [-0.4, -0.2) is 18.2 Å². The molecule has 0 spiro atoms. The van der Waals surface area contributed by atoms with Crippen molar-refractivity contribution in [3.05, 3.63) is 0 Å². The van der Waals surface area contributed by atoms with Gasteiger partial charge in [0.15, 0.2) is 0 Å². The number of hydrogen-bond donors (Lipinski definition) is 2. The average Bonchev–Trinajstić information content (AvgIpc) is 2.29. The van der Waals surface area contributed by atoms with E-state index in [0.717, 1.165) is 19.3 Å². The molecule has 1 unspecified atom stereocenters. The van der Waals surface area contributed by atoms with Crippen LogP contribution >= 0.6 is 0 Å². The van der Waals surface area contributed by atoms with Crippen LogP contribution in [0.4, 0.5) is 4.79 Å². The predicted octanol–water partition coefficient (Wildman–Crippen LogP) is 0.598. The monoisotopic (exact) mass is 172 g/mol. The van der Waals surface area contributed by atoms with Crippen molar-refractivity contribution in [2.24, 2.45) is 17.4 Å². The van der Waals surface area contributed by atoms with E-state index in [0.29, 0.717) is 5.92 Å².